The molecule has 1 aromatic heterocycles. The van der Waals surface area contributed by atoms with Crippen molar-refractivity contribution in [2.75, 3.05) is 19.6 Å². The molecule has 1 fully saturated rings. The highest BCUT2D eigenvalue weighted by Gasteiger charge is 2.36. The number of carbonyl (C=O) groups excluding carboxylic acids is 2. The van der Waals surface area contributed by atoms with Gasteiger partial charge < -0.3 is 15.3 Å². The van der Waals surface area contributed by atoms with Crippen molar-refractivity contribution in [1.29, 1.82) is 0 Å². The fraction of sp³-hybridized carbons (Fsp3) is 0.500. The van der Waals surface area contributed by atoms with Gasteiger partial charge in [0, 0.05) is 18.0 Å². The lowest BCUT2D eigenvalue weighted by Crippen LogP contribution is -2.39. The molecule has 1 aromatic rings. The van der Waals surface area contributed by atoms with E-state index in [1.165, 1.54) is 16.2 Å². The van der Waals surface area contributed by atoms with E-state index in [9.17, 15) is 14.4 Å². The Kier molecular flexibility index (Phi) is 4.62. The molecule has 2 heterocycles. The molecule has 1 aliphatic rings. The Morgan fingerprint density at radius 3 is 2.62 bits per heavy atom. The number of nitrogens with zero attached hydrogens (tertiary/aromatic N) is 1. The van der Waals surface area contributed by atoms with Crippen LogP contribution in [0.3, 0.4) is 0 Å². The van der Waals surface area contributed by atoms with Crippen LogP contribution in [0.5, 0.6) is 0 Å². The summed E-state index contributed by atoms with van der Waals surface area (Å²) in [6, 6.07) is 3.57. The molecule has 2 amide bonds. The molecule has 7 heteroatoms. The van der Waals surface area contributed by atoms with Gasteiger partial charge in [0.1, 0.15) is 0 Å². The average molecular weight is 310 g/mol. The van der Waals surface area contributed by atoms with Gasteiger partial charge in [0.2, 0.25) is 5.91 Å². The Labute approximate surface area is 126 Å². The molecule has 0 saturated carbocycles. The number of likely N-dealkylation sites (tertiary alicyclic amines) is 1. The van der Waals surface area contributed by atoms with Crippen LogP contribution >= 0.6 is 11.3 Å². The lowest BCUT2D eigenvalue weighted by molar-refractivity contribution is -0.142. The van der Waals surface area contributed by atoms with Crippen LogP contribution in [0.25, 0.3) is 0 Å². The quantitative estimate of drug-likeness (QED) is 0.867. The summed E-state index contributed by atoms with van der Waals surface area (Å²) < 4.78 is 0. The monoisotopic (exact) mass is 310 g/mol. The minimum Gasteiger partial charge on any atom is -0.481 e. The van der Waals surface area contributed by atoms with E-state index in [0.29, 0.717) is 11.4 Å². The maximum Gasteiger partial charge on any atom is 0.308 e. The lowest BCUT2D eigenvalue weighted by atomic mass is 9.99. The van der Waals surface area contributed by atoms with E-state index >= 15 is 0 Å². The SMILES string of the molecule is Cc1ccc(C(=O)NCC(=O)N2CC(C)C(C(=O)O)C2)s1. The molecule has 0 bridgehead atoms. The van der Waals surface area contributed by atoms with Gasteiger partial charge in [-0.2, -0.15) is 0 Å². The number of thiophene rings is 1. The van der Waals surface area contributed by atoms with Crippen LogP contribution in [0.4, 0.5) is 0 Å². The fourth-order valence-electron chi connectivity index (χ4n) is 2.40. The second-order valence-corrected chi connectivity index (χ2v) is 6.60. The summed E-state index contributed by atoms with van der Waals surface area (Å²) >= 11 is 1.37. The van der Waals surface area contributed by atoms with Gasteiger partial charge in [0.05, 0.1) is 17.3 Å². The van der Waals surface area contributed by atoms with Crippen molar-refractivity contribution in [3.8, 4) is 0 Å². The number of carboxylic acid groups (broad SMARTS) is 1. The first-order valence-electron chi connectivity index (χ1n) is 6.73. The van der Waals surface area contributed by atoms with E-state index in [0.717, 1.165) is 4.88 Å². The van der Waals surface area contributed by atoms with Crippen molar-refractivity contribution in [1.82, 2.24) is 10.2 Å². The maximum absolute atomic E-state index is 12.0. The van der Waals surface area contributed by atoms with E-state index in [2.05, 4.69) is 5.32 Å². The molecule has 2 atom stereocenters. The van der Waals surface area contributed by atoms with Gasteiger partial charge in [-0.1, -0.05) is 6.92 Å². The number of carboxylic acids is 1. The zero-order valence-corrected chi connectivity index (χ0v) is 12.8. The van der Waals surface area contributed by atoms with Gasteiger partial charge in [-0.05, 0) is 25.0 Å². The number of hydrogen-bond acceptors (Lipinski definition) is 4. The summed E-state index contributed by atoms with van der Waals surface area (Å²) in [5.74, 6) is -1.99. The van der Waals surface area contributed by atoms with E-state index in [1.54, 1.807) is 6.07 Å². The second-order valence-electron chi connectivity index (χ2n) is 5.31. The zero-order chi connectivity index (χ0) is 15.6. The third-order valence-electron chi connectivity index (χ3n) is 3.65. The first-order valence-corrected chi connectivity index (χ1v) is 7.55. The molecule has 0 radical (unpaired) electrons. The summed E-state index contributed by atoms with van der Waals surface area (Å²) in [4.78, 5) is 38.0. The third kappa shape index (κ3) is 3.60. The predicted molar refractivity (Wildman–Crippen MR) is 78.3 cm³/mol. The topological polar surface area (TPSA) is 86.7 Å². The number of amides is 2. The molecule has 2 rings (SSSR count). The van der Waals surface area contributed by atoms with Crippen LogP contribution in [-0.4, -0.2) is 47.4 Å². The molecule has 1 saturated heterocycles. The van der Waals surface area contributed by atoms with Crippen LogP contribution in [0, 0.1) is 18.8 Å². The van der Waals surface area contributed by atoms with Crippen molar-refractivity contribution in [2.45, 2.75) is 13.8 Å². The number of carbonyl (C=O) groups is 3. The molecule has 0 aliphatic carbocycles. The highest BCUT2D eigenvalue weighted by atomic mass is 32.1. The Morgan fingerprint density at radius 2 is 2.10 bits per heavy atom. The van der Waals surface area contributed by atoms with Crippen LogP contribution < -0.4 is 5.32 Å². The molecule has 6 nitrogen and oxygen atoms in total. The molecular formula is C14H18N2O4S. The van der Waals surface area contributed by atoms with Crippen LogP contribution in [-0.2, 0) is 9.59 Å². The number of nitrogens with one attached hydrogen (secondary N) is 1. The second kappa shape index (κ2) is 6.26. The third-order valence-corrected chi connectivity index (χ3v) is 4.65. The summed E-state index contributed by atoms with van der Waals surface area (Å²) in [6.07, 6.45) is 0. The Hall–Kier alpha value is -1.89. The van der Waals surface area contributed by atoms with Crippen molar-refractivity contribution < 1.29 is 19.5 Å². The van der Waals surface area contributed by atoms with Crippen LogP contribution in [0.1, 0.15) is 21.5 Å². The minimum absolute atomic E-state index is 0.0675. The standard InChI is InChI=1S/C14H18N2O4S/c1-8-6-16(7-10(8)14(19)20)12(17)5-15-13(18)11-4-3-9(2)21-11/h3-4,8,10H,5-7H2,1-2H3,(H,15,18)(H,19,20). The first-order chi connectivity index (χ1) is 9.88. The molecule has 0 spiro atoms. The highest BCUT2D eigenvalue weighted by molar-refractivity contribution is 7.13. The smallest absolute Gasteiger partial charge is 0.308 e. The van der Waals surface area contributed by atoms with Gasteiger partial charge in [-0.15, -0.1) is 11.3 Å². The van der Waals surface area contributed by atoms with Gasteiger partial charge in [0.15, 0.2) is 0 Å². The minimum atomic E-state index is -0.879. The van der Waals surface area contributed by atoms with Gasteiger partial charge in [0.25, 0.3) is 5.91 Å². The number of rotatable bonds is 4. The molecule has 1 aliphatic heterocycles. The van der Waals surface area contributed by atoms with Crippen LogP contribution in [0.15, 0.2) is 12.1 Å². The predicted octanol–water partition coefficient (Wildman–Crippen LogP) is 0.965. The molecular weight excluding hydrogens is 292 g/mol. The van der Waals surface area contributed by atoms with Crippen molar-refractivity contribution >= 4 is 29.1 Å². The summed E-state index contributed by atoms with van der Waals surface area (Å²) in [6.45, 7) is 4.26. The van der Waals surface area contributed by atoms with Gasteiger partial charge >= 0.3 is 5.97 Å². The molecule has 114 valence electrons. The molecule has 2 unspecified atom stereocenters. The molecule has 2 N–H and O–H groups in total. The van der Waals surface area contributed by atoms with Crippen molar-refractivity contribution in [3.63, 3.8) is 0 Å². The first kappa shape index (κ1) is 15.5. The summed E-state index contributed by atoms with van der Waals surface area (Å²) in [5.41, 5.74) is 0. The maximum atomic E-state index is 12.0. The highest BCUT2D eigenvalue weighted by Crippen LogP contribution is 2.23. The van der Waals surface area contributed by atoms with E-state index in [1.807, 2.05) is 19.9 Å². The summed E-state index contributed by atoms with van der Waals surface area (Å²) in [7, 11) is 0. The van der Waals surface area contributed by atoms with Crippen molar-refractivity contribution in [2.24, 2.45) is 11.8 Å². The van der Waals surface area contributed by atoms with E-state index in [-0.39, 0.29) is 30.8 Å². The number of aliphatic carboxylic acids is 1. The van der Waals surface area contributed by atoms with Crippen molar-refractivity contribution in [3.05, 3.63) is 21.9 Å². The van der Waals surface area contributed by atoms with E-state index < -0.39 is 11.9 Å². The normalized spacial score (nSPS) is 21.3. The average Bonchev–Trinajstić information content (AvgIpc) is 3.01. The number of hydrogen-bond donors (Lipinski definition) is 2. The Morgan fingerprint density at radius 1 is 1.38 bits per heavy atom. The molecule has 0 aromatic carbocycles. The van der Waals surface area contributed by atoms with Gasteiger partial charge in [-0.25, -0.2) is 0 Å². The van der Waals surface area contributed by atoms with E-state index in [4.69, 9.17) is 5.11 Å². The molecule has 21 heavy (non-hydrogen) atoms. The van der Waals surface area contributed by atoms with Gasteiger partial charge in [-0.3, -0.25) is 14.4 Å². The summed E-state index contributed by atoms with van der Waals surface area (Å²) in [5, 5.41) is 11.6. The Balaban J connectivity index is 1.85. The van der Waals surface area contributed by atoms with Crippen LogP contribution in [0.2, 0.25) is 0 Å². The Bertz CT molecular complexity index is 569. The largest absolute Gasteiger partial charge is 0.481 e. The lowest BCUT2D eigenvalue weighted by Gasteiger charge is -2.16. The zero-order valence-electron chi connectivity index (χ0n) is 12.0. The fourth-order valence-corrected chi connectivity index (χ4v) is 3.19. The number of aryl methyl sites for hydroxylation is 1.